The maximum atomic E-state index is 4.47. The van der Waals surface area contributed by atoms with Gasteiger partial charge in [0.2, 0.25) is 0 Å². The van der Waals surface area contributed by atoms with Crippen LogP contribution in [-0.2, 0) is 13.6 Å². The highest BCUT2D eigenvalue weighted by molar-refractivity contribution is 5.24. The summed E-state index contributed by atoms with van der Waals surface area (Å²) in [7, 11) is 2.02. The van der Waals surface area contributed by atoms with Crippen molar-refractivity contribution >= 4 is 0 Å². The fraction of sp³-hybridized carbons (Fsp3) is 0.786. The van der Waals surface area contributed by atoms with Gasteiger partial charge in [-0.2, -0.15) is 5.10 Å². The highest BCUT2D eigenvalue weighted by atomic mass is 15.3. The SMILES string of the molecule is CCN1CCC(NCc2c(C)nn(C)c2C)CC1. The molecule has 1 aromatic rings. The first-order chi connectivity index (χ1) is 8.61. The van der Waals surface area contributed by atoms with Crippen LogP contribution in [0.2, 0.25) is 0 Å². The zero-order valence-corrected chi connectivity index (χ0v) is 12.2. The molecule has 1 fully saturated rings. The minimum atomic E-state index is 0.673. The van der Waals surface area contributed by atoms with Gasteiger partial charge in [-0.15, -0.1) is 0 Å². The lowest BCUT2D eigenvalue weighted by Crippen LogP contribution is -2.42. The lowest BCUT2D eigenvalue weighted by Gasteiger charge is -2.31. The maximum Gasteiger partial charge on any atom is 0.0641 e. The van der Waals surface area contributed by atoms with E-state index in [2.05, 4.69) is 36.1 Å². The quantitative estimate of drug-likeness (QED) is 0.881. The summed E-state index contributed by atoms with van der Waals surface area (Å²) in [6.45, 7) is 11.1. The van der Waals surface area contributed by atoms with Gasteiger partial charge >= 0.3 is 0 Å². The van der Waals surface area contributed by atoms with Crippen molar-refractivity contribution in [2.75, 3.05) is 19.6 Å². The molecule has 0 saturated carbocycles. The Bertz CT molecular complexity index is 389. The molecule has 0 atom stereocenters. The highest BCUT2D eigenvalue weighted by Crippen LogP contribution is 2.14. The zero-order valence-electron chi connectivity index (χ0n) is 12.2. The Morgan fingerprint density at radius 3 is 2.44 bits per heavy atom. The van der Waals surface area contributed by atoms with Crippen LogP contribution in [0.3, 0.4) is 0 Å². The fourth-order valence-electron chi connectivity index (χ4n) is 2.77. The van der Waals surface area contributed by atoms with Crippen LogP contribution >= 0.6 is 0 Å². The first kappa shape index (κ1) is 13.6. The Kier molecular flexibility index (Phi) is 4.40. The molecule has 1 aromatic heterocycles. The minimum Gasteiger partial charge on any atom is -0.310 e. The molecule has 1 N–H and O–H groups in total. The number of piperidine rings is 1. The van der Waals surface area contributed by atoms with Gasteiger partial charge in [-0.25, -0.2) is 0 Å². The molecule has 1 saturated heterocycles. The molecule has 2 rings (SSSR count). The van der Waals surface area contributed by atoms with E-state index in [1.165, 1.54) is 43.7 Å². The number of aryl methyl sites for hydroxylation is 2. The van der Waals surface area contributed by atoms with E-state index < -0.39 is 0 Å². The number of hydrogen-bond acceptors (Lipinski definition) is 3. The van der Waals surface area contributed by atoms with E-state index in [-0.39, 0.29) is 0 Å². The fourth-order valence-corrected chi connectivity index (χ4v) is 2.77. The lowest BCUT2D eigenvalue weighted by atomic mass is 10.0. The molecule has 102 valence electrons. The second-order valence-electron chi connectivity index (χ2n) is 5.36. The molecule has 4 nitrogen and oxygen atoms in total. The smallest absolute Gasteiger partial charge is 0.0641 e. The lowest BCUT2D eigenvalue weighted by molar-refractivity contribution is 0.206. The Hall–Kier alpha value is -0.870. The summed E-state index contributed by atoms with van der Waals surface area (Å²) in [4.78, 5) is 2.53. The molecular formula is C14H26N4. The van der Waals surface area contributed by atoms with Crippen molar-refractivity contribution in [2.45, 2.75) is 46.2 Å². The van der Waals surface area contributed by atoms with E-state index >= 15 is 0 Å². The third-order valence-corrected chi connectivity index (χ3v) is 4.26. The van der Waals surface area contributed by atoms with Crippen molar-refractivity contribution in [1.82, 2.24) is 20.0 Å². The van der Waals surface area contributed by atoms with Crippen molar-refractivity contribution < 1.29 is 0 Å². The molecule has 4 heteroatoms. The van der Waals surface area contributed by atoms with Gasteiger partial charge in [0.05, 0.1) is 5.69 Å². The summed E-state index contributed by atoms with van der Waals surface area (Å²) in [5, 5.41) is 8.17. The Morgan fingerprint density at radius 2 is 1.94 bits per heavy atom. The summed E-state index contributed by atoms with van der Waals surface area (Å²) in [6.07, 6.45) is 2.54. The Balaban J connectivity index is 1.85. The second kappa shape index (κ2) is 5.85. The number of rotatable bonds is 4. The Labute approximate surface area is 110 Å². The molecule has 0 radical (unpaired) electrons. The summed E-state index contributed by atoms with van der Waals surface area (Å²) < 4.78 is 1.98. The zero-order chi connectivity index (χ0) is 13.1. The van der Waals surface area contributed by atoms with Crippen LogP contribution in [0, 0.1) is 13.8 Å². The molecule has 0 aromatic carbocycles. The third-order valence-electron chi connectivity index (χ3n) is 4.26. The summed E-state index contributed by atoms with van der Waals surface area (Å²) in [5.41, 5.74) is 3.81. The first-order valence-corrected chi connectivity index (χ1v) is 7.06. The molecule has 1 aliphatic rings. The van der Waals surface area contributed by atoms with Crippen molar-refractivity contribution in [3.05, 3.63) is 17.0 Å². The average Bonchev–Trinajstić information content (AvgIpc) is 2.62. The van der Waals surface area contributed by atoms with Crippen LogP contribution in [0.4, 0.5) is 0 Å². The van der Waals surface area contributed by atoms with E-state index in [0.717, 1.165) is 12.2 Å². The van der Waals surface area contributed by atoms with Crippen LogP contribution in [0.5, 0.6) is 0 Å². The predicted octanol–water partition coefficient (Wildman–Crippen LogP) is 1.61. The minimum absolute atomic E-state index is 0.673. The van der Waals surface area contributed by atoms with Gasteiger partial charge in [0.15, 0.2) is 0 Å². The monoisotopic (exact) mass is 250 g/mol. The molecule has 0 unspecified atom stereocenters. The Morgan fingerprint density at radius 1 is 1.28 bits per heavy atom. The van der Waals surface area contributed by atoms with Crippen molar-refractivity contribution in [3.8, 4) is 0 Å². The van der Waals surface area contributed by atoms with Crippen LogP contribution in [-0.4, -0.2) is 40.4 Å². The van der Waals surface area contributed by atoms with Gasteiger partial charge < -0.3 is 10.2 Å². The van der Waals surface area contributed by atoms with Gasteiger partial charge in [0.1, 0.15) is 0 Å². The molecular weight excluding hydrogens is 224 g/mol. The number of nitrogens with one attached hydrogen (secondary N) is 1. The third kappa shape index (κ3) is 2.93. The molecule has 1 aliphatic heterocycles. The van der Waals surface area contributed by atoms with Crippen LogP contribution in [0.25, 0.3) is 0 Å². The van der Waals surface area contributed by atoms with Gasteiger partial charge in [-0.1, -0.05) is 6.92 Å². The van der Waals surface area contributed by atoms with E-state index in [0.29, 0.717) is 6.04 Å². The molecule has 0 amide bonds. The highest BCUT2D eigenvalue weighted by Gasteiger charge is 2.18. The van der Waals surface area contributed by atoms with E-state index in [4.69, 9.17) is 0 Å². The van der Waals surface area contributed by atoms with Gasteiger partial charge in [0, 0.05) is 30.9 Å². The molecule has 2 heterocycles. The molecule has 0 aliphatic carbocycles. The van der Waals surface area contributed by atoms with Crippen LogP contribution < -0.4 is 5.32 Å². The van der Waals surface area contributed by atoms with E-state index in [1.54, 1.807) is 0 Å². The van der Waals surface area contributed by atoms with Crippen molar-refractivity contribution in [1.29, 1.82) is 0 Å². The number of likely N-dealkylation sites (tertiary alicyclic amines) is 1. The maximum absolute atomic E-state index is 4.47. The van der Waals surface area contributed by atoms with Crippen molar-refractivity contribution in [2.24, 2.45) is 7.05 Å². The topological polar surface area (TPSA) is 33.1 Å². The number of hydrogen-bond donors (Lipinski definition) is 1. The predicted molar refractivity (Wildman–Crippen MR) is 74.7 cm³/mol. The van der Waals surface area contributed by atoms with E-state index in [9.17, 15) is 0 Å². The van der Waals surface area contributed by atoms with Crippen molar-refractivity contribution in [3.63, 3.8) is 0 Å². The molecule has 18 heavy (non-hydrogen) atoms. The normalized spacial score (nSPS) is 18.4. The first-order valence-electron chi connectivity index (χ1n) is 7.06. The van der Waals surface area contributed by atoms with Gasteiger partial charge in [0.25, 0.3) is 0 Å². The summed E-state index contributed by atoms with van der Waals surface area (Å²) >= 11 is 0. The van der Waals surface area contributed by atoms with Gasteiger partial charge in [-0.3, -0.25) is 4.68 Å². The second-order valence-corrected chi connectivity index (χ2v) is 5.36. The number of aromatic nitrogens is 2. The van der Waals surface area contributed by atoms with Crippen LogP contribution in [0.1, 0.15) is 36.7 Å². The van der Waals surface area contributed by atoms with E-state index in [1.807, 2.05) is 11.7 Å². The summed E-state index contributed by atoms with van der Waals surface area (Å²) in [5.74, 6) is 0. The van der Waals surface area contributed by atoms with Gasteiger partial charge in [-0.05, 0) is 46.3 Å². The number of nitrogens with zero attached hydrogens (tertiary/aromatic N) is 3. The average molecular weight is 250 g/mol. The largest absolute Gasteiger partial charge is 0.310 e. The standard InChI is InChI=1S/C14H26N4/c1-5-18-8-6-13(7-9-18)15-10-14-11(2)16-17(4)12(14)3/h13,15H,5-10H2,1-4H3. The summed E-state index contributed by atoms with van der Waals surface area (Å²) in [6, 6.07) is 0.673. The molecule has 0 spiro atoms. The van der Waals surface area contributed by atoms with Crippen LogP contribution in [0.15, 0.2) is 0 Å². The molecule has 0 bridgehead atoms.